The van der Waals surface area contributed by atoms with Crippen molar-refractivity contribution in [2.45, 2.75) is 36.3 Å². The lowest BCUT2D eigenvalue weighted by atomic mass is 10.3. The summed E-state index contributed by atoms with van der Waals surface area (Å²) in [5.41, 5.74) is 6.06. The summed E-state index contributed by atoms with van der Waals surface area (Å²) in [6, 6.07) is 4.66. The number of rotatable bonds is 4. The van der Waals surface area contributed by atoms with E-state index in [-0.39, 0.29) is 17.0 Å². The highest BCUT2D eigenvalue weighted by atomic mass is 79.9. The molecule has 7 heteroatoms. The molecule has 0 amide bonds. The molecule has 1 aliphatic carbocycles. The van der Waals surface area contributed by atoms with E-state index >= 15 is 0 Å². The summed E-state index contributed by atoms with van der Waals surface area (Å²) in [5, 5.41) is 0. The van der Waals surface area contributed by atoms with Crippen LogP contribution in [0, 0.1) is 0 Å². The summed E-state index contributed by atoms with van der Waals surface area (Å²) in [6.07, 6.45) is 2.51. The third-order valence-electron chi connectivity index (χ3n) is 3.28. The van der Waals surface area contributed by atoms with Gasteiger partial charge in [-0.05, 0) is 53.4 Å². The van der Waals surface area contributed by atoms with Crippen LogP contribution in [0.25, 0.3) is 0 Å². The predicted octanol–water partition coefficient (Wildman–Crippen LogP) is 1.88. The Hall–Kier alpha value is -0.630. The molecule has 0 aromatic heterocycles. The molecule has 0 aliphatic heterocycles. The number of benzene rings is 1. The van der Waals surface area contributed by atoms with Gasteiger partial charge >= 0.3 is 0 Å². The second kappa shape index (κ2) is 5.78. The maximum Gasteiger partial charge on any atom is 0.242 e. The third kappa shape index (κ3) is 3.47. The van der Waals surface area contributed by atoms with Gasteiger partial charge in [0.2, 0.25) is 10.0 Å². The zero-order chi connectivity index (χ0) is 14.0. The van der Waals surface area contributed by atoms with E-state index in [1.54, 1.807) is 19.2 Å². The summed E-state index contributed by atoms with van der Waals surface area (Å²) >= 11 is 3.24. The molecule has 1 aromatic carbocycles. The fraction of sp³-hybridized carbons (Fsp3) is 0.500. The molecule has 106 valence electrons. The van der Waals surface area contributed by atoms with Crippen LogP contribution in [-0.4, -0.2) is 27.7 Å². The molecule has 1 saturated carbocycles. The maximum atomic E-state index is 12.3. The molecule has 1 fully saturated rings. The van der Waals surface area contributed by atoms with Crippen LogP contribution in [0.5, 0.6) is 0 Å². The highest BCUT2D eigenvalue weighted by Crippen LogP contribution is 2.27. The van der Waals surface area contributed by atoms with E-state index in [9.17, 15) is 8.42 Å². The number of ether oxygens (including phenoxy) is 1. The first-order chi connectivity index (χ1) is 8.92. The normalized spacial score (nSPS) is 23.7. The lowest BCUT2D eigenvalue weighted by Gasteiger charge is -2.14. The highest BCUT2D eigenvalue weighted by molar-refractivity contribution is 9.10. The standard InChI is InChI=1S/C12H17BrN2O3S/c1-18-10-4-3-9(7-10)15-19(16,17)12-6-8(14)2-5-11(12)13/h2,5-6,9-10,15H,3-4,7,14H2,1H3. The molecule has 2 rings (SSSR count). The van der Waals surface area contributed by atoms with Gasteiger partial charge in [0, 0.05) is 23.3 Å². The van der Waals surface area contributed by atoms with E-state index in [4.69, 9.17) is 10.5 Å². The first-order valence-electron chi connectivity index (χ1n) is 6.02. The lowest BCUT2D eigenvalue weighted by molar-refractivity contribution is 0.107. The van der Waals surface area contributed by atoms with Crippen LogP contribution in [-0.2, 0) is 14.8 Å². The Labute approximate surface area is 121 Å². The topological polar surface area (TPSA) is 81.4 Å². The summed E-state index contributed by atoms with van der Waals surface area (Å²) in [7, 11) is -1.91. The van der Waals surface area contributed by atoms with E-state index in [2.05, 4.69) is 20.7 Å². The zero-order valence-electron chi connectivity index (χ0n) is 10.6. The molecule has 19 heavy (non-hydrogen) atoms. The summed E-state index contributed by atoms with van der Waals surface area (Å²) in [5.74, 6) is 0. The Balaban J connectivity index is 2.17. The number of nitrogens with two attached hydrogens (primary N) is 1. The molecule has 3 N–H and O–H groups in total. The van der Waals surface area contributed by atoms with Gasteiger partial charge in [0.15, 0.2) is 0 Å². The number of methoxy groups -OCH3 is 1. The Bertz CT molecular complexity index is 562. The Morgan fingerprint density at radius 3 is 2.79 bits per heavy atom. The van der Waals surface area contributed by atoms with Crippen molar-refractivity contribution in [2.75, 3.05) is 12.8 Å². The van der Waals surface area contributed by atoms with Crippen molar-refractivity contribution in [3.63, 3.8) is 0 Å². The number of sulfonamides is 1. The molecule has 1 aromatic rings. The van der Waals surface area contributed by atoms with E-state index in [1.807, 2.05) is 0 Å². The molecule has 0 bridgehead atoms. The molecule has 0 heterocycles. The van der Waals surface area contributed by atoms with Crippen LogP contribution in [0.2, 0.25) is 0 Å². The molecular weight excluding hydrogens is 332 g/mol. The SMILES string of the molecule is COC1CCC(NS(=O)(=O)c2cc(N)ccc2Br)C1. The highest BCUT2D eigenvalue weighted by Gasteiger charge is 2.29. The molecule has 1 aliphatic rings. The van der Waals surface area contributed by atoms with Crippen LogP contribution in [0.1, 0.15) is 19.3 Å². The Kier molecular flexibility index (Phi) is 4.50. The minimum absolute atomic E-state index is 0.0803. The molecule has 0 saturated heterocycles. The fourth-order valence-corrected chi connectivity index (χ4v) is 4.55. The number of hydrogen-bond donors (Lipinski definition) is 2. The monoisotopic (exact) mass is 348 g/mol. The number of anilines is 1. The Morgan fingerprint density at radius 1 is 1.42 bits per heavy atom. The van der Waals surface area contributed by atoms with E-state index < -0.39 is 10.0 Å². The molecule has 2 atom stereocenters. The average molecular weight is 349 g/mol. The lowest BCUT2D eigenvalue weighted by Crippen LogP contribution is -2.33. The van der Waals surface area contributed by atoms with E-state index in [1.165, 1.54) is 6.07 Å². The predicted molar refractivity (Wildman–Crippen MR) is 77.3 cm³/mol. The van der Waals surface area contributed by atoms with Crippen molar-refractivity contribution >= 4 is 31.6 Å². The van der Waals surface area contributed by atoms with Crippen LogP contribution in [0.4, 0.5) is 5.69 Å². The molecule has 2 unspecified atom stereocenters. The smallest absolute Gasteiger partial charge is 0.242 e. The number of nitrogens with one attached hydrogen (secondary N) is 1. The van der Waals surface area contributed by atoms with Crippen molar-refractivity contribution in [1.29, 1.82) is 0 Å². The average Bonchev–Trinajstić information content (AvgIpc) is 2.79. The molecule has 5 nitrogen and oxygen atoms in total. The van der Waals surface area contributed by atoms with Crippen LogP contribution < -0.4 is 10.5 Å². The van der Waals surface area contributed by atoms with Crippen molar-refractivity contribution in [1.82, 2.24) is 4.72 Å². The van der Waals surface area contributed by atoms with E-state index in [0.717, 1.165) is 12.8 Å². The molecular formula is C12H17BrN2O3S. The first-order valence-corrected chi connectivity index (χ1v) is 8.30. The largest absolute Gasteiger partial charge is 0.399 e. The number of nitrogen functional groups attached to an aromatic ring is 1. The van der Waals surface area contributed by atoms with Crippen molar-refractivity contribution in [2.24, 2.45) is 0 Å². The second-order valence-electron chi connectivity index (χ2n) is 4.68. The minimum Gasteiger partial charge on any atom is -0.399 e. The van der Waals surface area contributed by atoms with Crippen LogP contribution in [0.15, 0.2) is 27.6 Å². The van der Waals surface area contributed by atoms with Crippen LogP contribution in [0.3, 0.4) is 0 Å². The van der Waals surface area contributed by atoms with Gasteiger partial charge in [0.1, 0.15) is 0 Å². The van der Waals surface area contributed by atoms with Gasteiger partial charge in [-0.3, -0.25) is 0 Å². The maximum absolute atomic E-state index is 12.3. The van der Waals surface area contributed by atoms with Gasteiger partial charge in [-0.1, -0.05) is 0 Å². The zero-order valence-corrected chi connectivity index (χ0v) is 13.0. The van der Waals surface area contributed by atoms with Crippen molar-refractivity contribution in [3.8, 4) is 0 Å². The summed E-state index contributed by atoms with van der Waals surface area (Å²) in [4.78, 5) is 0.174. The van der Waals surface area contributed by atoms with Gasteiger partial charge in [-0.2, -0.15) is 0 Å². The van der Waals surface area contributed by atoms with Gasteiger partial charge in [0.25, 0.3) is 0 Å². The van der Waals surface area contributed by atoms with Gasteiger partial charge in [0.05, 0.1) is 11.0 Å². The van der Waals surface area contributed by atoms with Crippen molar-refractivity contribution < 1.29 is 13.2 Å². The number of hydrogen-bond acceptors (Lipinski definition) is 4. The van der Waals surface area contributed by atoms with Gasteiger partial charge in [-0.25, -0.2) is 13.1 Å². The van der Waals surface area contributed by atoms with Gasteiger partial charge < -0.3 is 10.5 Å². The fourth-order valence-electron chi connectivity index (χ4n) is 2.27. The Morgan fingerprint density at radius 2 is 2.16 bits per heavy atom. The van der Waals surface area contributed by atoms with E-state index in [0.29, 0.717) is 16.6 Å². The third-order valence-corrected chi connectivity index (χ3v) is 5.80. The van der Waals surface area contributed by atoms with Gasteiger partial charge in [-0.15, -0.1) is 0 Å². The van der Waals surface area contributed by atoms with Crippen molar-refractivity contribution in [3.05, 3.63) is 22.7 Å². The first kappa shape index (κ1) is 14.8. The second-order valence-corrected chi connectivity index (χ2v) is 7.22. The quantitative estimate of drug-likeness (QED) is 0.814. The summed E-state index contributed by atoms with van der Waals surface area (Å²) < 4.78 is 33.1. The summed E-state index contributed by atoms with van der Waals surface area (Å²) in [6.45, 7) is 0. The minimum atomic E-state index is -3.56. The molecule has 0 radical (unpaired) electrons. The molecule has 0 spiro atoms. The number of halogens is 1. The van der Waals surface area contributed by atoms with Crippen LogP contribution >= 0.6 is 15.9 Å².